The maximum absolute atomic E-state index is 5.28. The van der Waals surface area contributed by atoms with Crippen LogP contribution >= 0.6 is 0 Å². The first-order valence-corrected chi connectivity index (χ1v) is 9.83. The van der Waals surface area contributed by atoms with E-state index in [0.717, 1.165) is 39.3 Å². The minimum Gasteiger partial charge on any atom is -0.497 e. The van der Waals surface area contributed by atoms with Crippen LogP contribution in [0.15, 0.2) is 90.2 Å². The predicted octanol–water partition coefficient (Wildman–Crippen LogP) is 4.87. The summed E-state index contributed by atoms with van der Waals surface area (Å²) >= 11 is 0. The number of hydrogen-bond donors (Lipinski definition) is 2. The minimum absolute atomic E-state index is 0.582. The van der Waals surface area contributed by atoms with Crippen molar-refractivity contribution in [2.24, 2.45) is 5.10 Å². The number of hydrazone groups is 1. The molecule has 2 heterocycles. The molecule has 152 valence electrons. The number of hydrogen-bond acceptors (Lipinski definition) is 5. The van der Waals surface area contributed by atoms with Crippen LogP contribution in [0.5, 0.6) is 5.75 Å². The van der Waals surface area contributed by atoms with Gasteiger partial charge in [0.05, 0.1) is 30.0 Å². The van der Waals surface area contributed by atoms with Crippen LogP contribution in [-0.4, -0.2) is 33.1 Å². The molecule has 0 aliphatic carbocycles. The van der Waals surface area contributed by atoms with E-state index in [0.29, 0.717) is 5.95 Å². The highest BCUT2D eigenvalue weighted by Crippen LogP contribution is 2.25. The fourth-order valence-electron chi connectivity index (χ4n) is 3.34. The average Bonchev–Trinajstić information content (AvgIpc) is 3.44. The number of aromatic nitrogens is 4. The monoisotopic (exact) mass is 408 g/mol. The molecule has 0 unspecified atom stereocenters. The number of methoxy groups -OCH3 is 1. The average molecular weight is 408 g/mol. The molecular formula is C24H20N6O. The van der Waals surface area contributed by atoms with E-state index < -0.39 is 0 Å². The molecule has 0 aliphatic heterocycles. The van der Waals surface area contributed by atoms with Gasteiger partial charge >= 0.3 is 0 Å². The first kappa shape index (κ1) is 18.6. The van der Waals surface area contributed by atoms with Gasteiger partial charge in [0, 0.05) is 17.3 Å². The molecule has 5 rings (SSSR count). The lowest BCUT2D eigenvalue weighted by atomic mass is 10.1. The Kier molecular flexibility index (Phi) is 4.90. The van der Waals surface area contributed by atoms with Crippen LogP contribution < -0.4 is 10.2 Å². The highest BCUT2D eigenvalue weighted by atomic mass is 16.5. The van der Waals surface area contributed by atoms with Crippen LogP contribution in [0.2, 0.25) is 0 Å². The third-order valence-electron chi connectivity index (χ3n) is 4.89. The van der Waals surface area contributed by atoms with E-state index >= 15 is 0 Å². The standard InChI is InChI=1S/C24H20N6O/c1-31-20-13-11-17(12-14-20)23-18(16-30(29-23)19-7-3-2-4-8-19)15-25-28-24-26-21-9-5-6-10-22(21)27-24/h2-16H,1H3,(H2,26,27,28). The Morgan fingerprint density at radius 3 is 2.52 bits per heavy atom. The van der Waals surface area contributed by atoms with Crippen molar-refractivity contribution >= 4 is 23.2 Å². The van der Waals surface area contributed by atoms with Gasteiger partial charge in [-0.25, -0.2) is 15.1 Å². The lowest BCUT2D eigenvalue weighted by Crippen LogP contribution is -1.94. The number of benzene rings is 3. The van der Waals surface area contributed by atoms with Crippen LogP contribution in [0, 0.1) is 0 Å². The highest BCUT2D eigenvalue weighted by Gasteiger charge is 2.11. The van der Waals surface area contributed by atoms with E-state index in [4.69, 9.17) is 9.84 Å². The molecule has 0 bridgehead atoms. The number of H-pyrrole nitrogens is 1. The van der Waals surface area contributed by atoms with Crippen LogP contribution in [0.4, 0.5) is 5.95 Å². The van der Waals surface area contributed by atoms with Crippen LogP contribution in [0.1, 0.15) is 5.56 Å². The molecule has 0 aliphatic rings. The van der Waals surface area contributed by atoms with E-state index in [-0.39, 0.29) is 0 Å². The summed E-state index contributed by atoms with van der Waals surface area (Å²) in [7, 11) is 1.65. The Labute approximate surface area is 179 Å². The van der Waals surface area contributed by atoms with Crippen molar-refractivity contribution in [3.05, 3.63) is 90.6 Å². The van der Waals surface area contributed by atoms with Gasteiger partial charge in [-0.05, 0) is 48.5 Å². The number of nitrogens with one attached hydrogen (secondary N) is 2. The highest BCUT2D eigenvalue weighted by molar-refractivity contribution is 5.89. The van der Waals surface area contributed by atoms with Crippen molar-refractivity contribution in [2.45, 2.75) is 0 Å². The summed E-state index contributed by atoms with van der Waals surface area (Å²) in [4.78, 5) is 7.68. The quantitative estimate of drug-likeness (QED) is 0.310. The summed E-state index contributed by atoms with van der Waals surface area (Å²) < 4.78 is 7.13. The van der Waals surface area contributed by atoms with Crippen molar-refractivity contribution in [3.8, 4) is 22.7 Å². The van der Waals surface area contributed by atoms with Gasteiger partial charge in [-0.1, -0.05) is 30.3 Å². The summed E-state index contributed by atoms with van der Waals surface area (Å²) in [6, 6.07) is 25.6. The second-order valence-corrected chi connectivity index (χ2v) is 6.91. The number of para-hydroxylation sites is 3. The molecule has 31 heavy (non-hydrogen) atoms. The molecular weight excluding hydrogens is 388 g/mol. The largest absolute Gasteiger partial charge is 0.497 e. The molecule has 0 amide bonds. The van der Waals surface area contributed by atoms with Gasteiger partial charge in [0.25, 0.3) is 0 Å². The fourth-order valence-corrected chi connectivity index (χ4v) is 3.34. The van der Waals surface area contributed by atoms with E-state index in [2.05, 4.69) is 20.5 Å². The minimum atomic E-state index is 0.582. The number of ether oxygens (including phenoxy) is 1. The Balaban J connectivity index is 1.47. The van der Waals surface area contributed by atoms with Crippen molar-refractivity contribution in [1.29, 1.82) is 0 Å². The Bertz CT molecular complexity index is 1300. The molecule has 2 N–H and O–H groups in total. The van der Waals surface area contributed by atoms with Gasteiger partial charge in [0.1, 0.15) is 11.4 Å². The number of rotatable bonds is 6. The van der Waals surface area contributed by atoms with Gasteiger partial charge in [-0.15, -0.1) is 0 Å². The van der Waals surface area contributed by atoms with Crippen molar-refractivity contribution < 1.29 is 4.74 Å². The van der Waals surface area contributed by atoms with E-state index in [1.54, 1.807) is 13.3 Å². The first-order valence-electron chi connectivity index (χ1n) is 9.83. The topological polar surface area (TPSA) is 80.1 Å². The number of aromatic amines is 1. The van der Waals surface area contributed by atoms with Crippen LogP contribution in [-0.2, 0) is 0 Å². The summed E-state index contributed by atoms with van der Waals surface area (Å²) in [5.41, 5.74) is 8.45. The van der Waals surface area contributed by atoms with Crippen molar-refractivity contribution in [3.63, 3.8) is 0 Å². The second kappa shape index (κ2) is 8.16. The third-order valence-corrected chi connectivity index (χ3v) is 4.89. The summed E-state index contributed by atoms with van der Waals surface area (Å²) in [5, 5.41) is 9.19. The maximum atomic E-state index is 5.28. The third kappa shape index (κ3) is 3.89. The second-order valence-electron chi connectivity index (χ2n) is 6.91. The normalized spacial score (nSPS) is 11.3. The number of imidazole rings is 1. The first-order chi connectivity index (χ1) is 15.3. The van der Waals surface area contributed by atoms with E-state index in [1.807, 2.05) is 89.7 Å². The molecule has 2 aromatic heterocycles. The molecule has 0 spiro atoms. The van der Waals surface area contributed by atoms with Gasteiger partial charge in [-0.3, -0.25) is 0 Å². The van der Waals surface area contributed by atoms with Gasteiger partial charge in [-0.2, -0.15) is 10.2 Å². The molecule has 7 heteroatoms. The number of anilines is 1. The van der Waals surface area contributed by atoms with E-state index in [9.17, 15) is 0 Å². The molecule has 0 fully saturated rings. The smallest absolute Gasteiger partial charge is 0.222 e. The van der Waals surface area contributed by atoms with Gasteiger partial charge in [0.2, 0.25) is 5.95 Å². The van der Waals surface area contributed by atoms with Gasteiger partial charge < -0.3 is 9.72 Å². The molecule has 0 saturated heterocycles. The summed E-state index contributed by atoms with van der Waals surface area (Å²) in [6.07, 6.45) is 3.71. The van der Waals surface area contributed by atoms with Crippen LogP contribution in [0.3, 0.4) is 0 Å². The zero-order chi connectivity index (χ0) is 21.0. The molecule has 3 aromatic carbocycles. The van der Waals surface area contributed by atoms with Crippen molar-refractivity contribution in [2.75, 3.05) is 12.5 Å². The predicted molar refractivity (Wildman–Crippen MR) is 123 cm³/mol. The summed E-state index contributed by atoms with van der Waals surface area (Å²) in [5.74, 6) is 1.38. The zero-order valence-electron chi connectivity index (χ0n) is 16.9. The SMILES string of the molecule is COc1ccc(-c2nn(-c3ccccc3)cc2C=NNc2nc3ccccc3[nH]2)cc1. The van der Waals surface area contributed by atoms with Crippen molar-refractivity contribution in [1.82, 2.24) is 19.7 Å². The molecule has 0 atom stereocenters. The fraction of sp³-hybridized carbons (Fsp3) is 0.0417. The number of nitrogens with zero attached hydrogens (tertiary/aromatic N) is 4. The lowest BCUT2D eigenvalue weighted by molar-refractivity contribution is 0.415. The number of fused-ring (bicyclic) bond motifs is 1. The lowest BCUT2D eigenvalue weighted by Gasteiger charge is -2.02. The van der Waals surface area contributed by atoms with Gasteiger partial charge in [0.15, 0.2) is 0 Å². The maximum Gasteiger partial charge on any atom is 0.222 e. The summed E-state index contributed by atoms with van der Waals surface area (Å²) in [6.45, 7) is 0. The molecule has 0 saturated carbocycles. The Morgan fingerprint density at radius 1 is 0.968 bits per heavy atom. The Hall–Kier alpha value is -4.39. The molecule has 0 radical (unpaired) electrons. The zero-order valence-corrected chi connectivity index (χ0v) is 16.9. The molecule has 5 aromatic rings. The van der Waals surface area contributed by atoms with E-state index in [1.165, 1.54) is 0 Å². The van der Waals surface area contributed by atoms with Crippen LogP contribution in [0.25, 0.3) is 28.0 Å². The Morgan fingerprint density at radius 2 is 1.74 bits per heavy atom. The molecule has 7 nitrogen and oxygen atoms in total.